The Morgan fingerprint density at radius 1 is 1.19 bits per heavy atom. The average molecular weight is 451 g/mol. The minimum atomic E-state index is -4.74. The van der Waals surface area contributed by atoms with Crippen LogP contribution in [0.15, 0.2) is 30.3 Å². The number of imidazole rings is 1. The number of aromatic nitrogens is 3. The Hall–Kier alpha value is -3.14. The highest BCUT2D eigenvalue weighted by molar-refractivity contribution is 5.99. The maximum atomic E-state index is 13.4. The molecule has 0 bridgehead atoms. The molecule has 3 rings (SSSR count). The number of aryl methyl sites for hydroxylation is 1. The summed E-state index contributed by atoms with van der Waals surface area (Å²) in [6, 6.07) is 7.67. The minimum absolute atomic E-state index is 0.000545. The molecule has 0 aliphatic rings. The number of halogens is 3. The predicted molar refractivity (Wildman–Crippen MR) is 111 cm³/mol. The number of methoxy groups -OCH3 is 1. The van der Waals surface area contributed by atoms with Gasteiger partial charge in [-0.05, 0) is 39.0 Å². The highest BCUT2D eigenvalue weighted by Gasteiger charge is 2.38. The van der Waals surface area contributed by atoms with Crippen molar-refractivity contribution in [2.45, 2.75) is 39.5 Å². The van der Waals surface area contributed by atoms with Crippen LogP contribution in [0.5, 0.6) is 0 Å². The van der Waals surface area contributed by atoms with Crippen LogP contribution in [-0.4, -0.2) is 46.2 Å². The number of carbonyl (C=O) groups excluding carboxylic acids is 2. The zero-order valence-corrected chi connectivity index (χ0v) is 18.2. The zero-order chi connectivity index (χ0) is 23.6. The van der Waals surface area contributed by atoms with Gasteiger partial charge in [0.05, 0.1) is 23.7 Å². The number of Topliss-reactive ketones (excluding diaryl/α,β-unsaturated/α-hetero) is 1. The fourth-order valence-electron chi connectivity index (χ4n) is 3.90. The molecule has 7 nitrogen and oxygen atoms in total. The van der Waals surface area contributed by atoms with Gasteiger partial charge in [0.1, 0.15) is 6.54 Å². The zero-order valence-electron chi connectivity index (χ0n) is 18.2. The van der Waals surface area contributed by atoms with E-state index in [0.717, 1.165) is 10.3 Å². The molecule has 172 valence electrons. The molecule has 32 heavy (non-hydrogen) atoms. The molecule has 0 amide bonds. The number of carbonyl (C=O) groups is 2. The largest absolute Gasteiger partial charge is 0.456 e. The first kappa shape index (κ1) is 23.5. The van der Waals surface area contributed by atoms with E-state index in [1.807, 2.05) is 18.4 Å². The Labute approximate surface area is 182 Å². The quantitative estimate of drug-likeness (QED) is 0.381. The van der Waals surface area contributed by atoms with Crippen molar-refractivity contribution < 1.29 is 32.2 Å². The summed E-state index contributed by atoms with van der Waals surface area (Å²) in [6.07, 6.45) is -4.74. The Balaban J connectivity index is 1.74. The Morgan fingerprint density at radius 3 is 2.53 bits per heavy atom. The van der Waals surface area contributed by atoms with E-state index >= 15 is 0 Å². The summed E-state index contributed by atoms with van der Waals surface area (Å²) in [5.41, 5.74) is 2.21. The van der Waals surface area contributed by atoms with Gasteiger partial charge in [0.15, 0.2) is 6.61 Å². The number of esters is 1. The Bertz CT molecular complexity index is 1150. The van der Waals surface area contributed by atoms with E-state index in [2.05, 4.69) is 4.98 Å². The molecular weight excluding hydrogens is 427 g/mol. The highest BCUT2D eigenvalue weighted by atomic mass is 19.4. The van der Waals surface area contributed by atoms with Crippen molar-refractivity contribution in [1.82, 2.24) is 14.1 Å². The van der Waals surface area contributed by atoms with E-state index in [1.54, 1.807) is 32.2 Å². The minimum Gasteiger partial charge on any atom is -0.456 e. The molecule has 0 saturated carbocycles. The smallest absolute Gasteiger partial charge is 0.449 e. The highest BCUT2D eigenvalue weighted by Crippen LogP contribution is 2.31. The molecule has 0 spiro atoms. The van der Waals surface area contributed by atoms with Gasteiger partial charge < -0.3 is 18.6 Å². The number of hydrogen-bond donors (Lipinski definition) is 0. The molecule has 0 aliphatic heterocycles. The number of alkyl halides is 3. The molecule has 0 radical (unpaired) electrons. The fraction of sp³-hybridized carbons (Fsp3) is 0.409. The first-order valence-corrected chi connectivity index (χ1v) is 9.93. The van der Waals surface area contributed by atoms with Gasteiger partial charge in [-0.1, -0.05) is 12.1 Å². The van der Waals surface area contributed by atoms with Gasteiger partial charge in [-0.3, -0.25) is 9.59 Å². The monoisotopic (exact) mass is 451 g/mol. The summed E-state index contributed by atoms with van der Waals surface area (Å²) in [5.74, 6) is -2.60. The second-order valence-corrected chi connectivity index (χ2v) is 7.55. The van der Waals surface area contributed by atoms with Crippen molar-refractivity contribution in [3.8, 4) is 0 Å². The van der Waals surface area contributed by atoms with Gasteiger partial charge >= 0.3 is 12.1 Å². The Kier molecular flexibility index (Phi) is 6.73. The molecule has 3 aromatic rings. The molecule has 2 heterocycles. The lowest BCUT2D eigenvalue weighted by Crippen LogP contribution is -2.22. The van der Waals surface area contributed by atoms with E-state index < -0.39 is 36.9 Å². The van der Waals surface area contributed by atoms with Crippen LogP contribution in [0.4, 0.5) is 13.2 Å². The third kappa shape index (κ3) is 4.69. The molecule has 1 atom stereocenters. The van der Waals surface area contributed by atoms with Gasteiger partial charge in [0.2, 0.25) is 11.6 Å². The lowest BCUT2D eigenvalue weighted by molar-refractivity contribution is -0.150. The van der Waals surface area contributed by atoms with Gasteiger partial charge in [-0.25, -0.2) is 4.98 Å². The summed E-state index contributed by atoms with van der Waals surface area (Å²) >= 11 is 0. The van der Waals surface area contributed by atoms with Gasteiger partial charge in [0.25, 0.3) is 0 Å². The van der Waals surface area contributed by atoms with Crippen molar-refractivity contribution in [2.75, 3.05) is 20.3 Å². The van der Waals surface area contributed by atoms with Crippen molar-refractivity contribution in [2.24, 2.45) is 0 Å². The topological polar surface area (TPSA) is 75.3 Å². The lowest BCUT2D eigenvalue weighted by atomic mass is 10.1. The Morgan fingerprint density at radius 2 is 1.88 bits per heavy atom. The summed E-state index contributed by atoms with van der Waals surface area (Å²) in [4.78, 5) is 28.5. The molecule has 0 saturated heterocycles. The van der Waals surface area contributed by atoms with Crippen molar-refractivity contribution in [3.05, 3.63) is 53.1 Å². The number of fused-ring (bicyclic) bond motifs is 1. The van der Waals surface area contributed by atoms with Crippen LogP contribution >= 0.6 is 0 Å². The number of hydrogen-bond acceptors (Lipinski definition) is 5. The number of ether oxygens (including phenoxy) is 2. The van der Waals surface area contributed by atoms with Crippen LogP contribution in [0, 0.1) is 13.8 Å². The first-order valence-electron chi connectivity index (χ1n) is 9.93. The van der Waals surface area contributed by atoms with E-state index in [-0.39, 0.29) is 17.1 Å². The molecule has 0 N–H and O–H groups in total. The van der Waals surface area contributed by atoms with Crippen LogP contribution in [0.3, 0.4) is 0 Å². The number of benzene rings is 1. The standard InChI is InChI=1S/C22H24F3N3O4/c1-13-9-16(15(3)28(13)14(2)11-31-4)19(29)12-32-20(30)10-27-18-8-6-5-7-17(18)26-21(27)22(23,24)25/h5-9,14H,10-12H2,1-4H3. The second-order valence-electron chi connectivity index (χ2n) is 7.55. The summed E-state index contributed by atoms with van der Waals surface area (Å²) in [6.45, 7) is 4.75. The van der Waals surface area contributed by atoms with E-state index in [9.17, 15) is 22.8 Å². The molecule has 0 aliphatic carbocycles. The summed E-state index contributed by atoms with van der Waals surface area (Å²) < 4.78 is 53.0. The SMILES string of the molecule is COCC(C)n1c(C)cc(C(=O)COC(=O)Cn2c(C(F)(F)F)nc3ccccc32)c1C. The maximum Gasteiger partial charge on any atom is 0.449 e. The molecule has 0 fully saturated rings. The van der Waals surface area contributed by atoms with Crippen molar-refractivity contribution in [3.63, 3.8) is 0 Å². The van der Waals surface area contributed by atoms with Crippen molar-refractivity contribution >= 4 is 22.8 Å². The second kappa shape index (κ2) is 9.15. The number of ketones is 1. The molecule has 1 unspecified atom stereocenters. The van der Waals surface area contributed by atoms with E-state index in [1.165, 1.54) is 12.1 Å². The molecule has 1 aromatic carbocycles. The fourth-order valence-corrected chi connectivity index (χ4v) is 3.90. The number of para-hydroxylation sites is 2. The van der Waals surface area contributed by atoms with Crippen LogP contribution in [0.1, 0.15) is 40.5 Å². The third-order valence-corrected chi connectivity index (χ3v) is 5.19. The normalized spacial score (nSPS) is 12.8. The number of rotatable bonds is 8. The third-order valence-electron chi connectivity index (χ3n) is 5.19. The van der Waals surface area contributed by atoms with Gasteiger partial charge in [-0.2, -0.15) is 13.2 Å². The van der Waals surface area contributed by atoms with E-state index in [4.69, 9.17) is 9.47 Å². The maximum absolute atomic E-state index is 13.4. The first-order chi connectivity index (χ1) is 15.0. The molecule has 2 aromatic heterocycles. The van der Waals surface area contributed by atoms with E-state index in [0.29, 0.717) is 17.9 Å². The lowest BCUT2D eigenvalue weighted by Gasteiger charge is -2.17. The van der Waals surface area contributed by atoms with Gasteiger partial charge in [-0.15, -0.1) is 0 Å². The molecular formula is C22H24F3N3O4. The number of nitrogens with zero attached hydrogens (tertiary/aromatic N) is 3. The summed E-state index contributed by atoms with van der Waals surface area (Å²) in [5, 5.41) is 0. The van der Waals surface area contributed by atoms with Gasteiger partial charge in [0, 0.05) is 24.1 Å². The van der Waals surface area contributed by atoms with Crippen LogP contribution < -0.4 is 0 Å². The molecule has 10 heteroatoms. The van der Waals surface area contributed by atoms with Crippen LogP contribution in [0.25, 0.3) is 11.0 Å². The predicted octanol–water partition coefficient (Wildman–Crippen LogP) is 4.11. The average Bonchev–Trinajstić information content (AvgIpc) is 3.23. The van der Waals surface area contributed by atoms with Crippen LogP contribution in [-0.2, 0) is 27.0 Å². The van der Waals surface area contributed by atoms with Crippen LogP contribution in [0.2, 0.25) is 0 Å². The van der Waals surface area contributed by atoms with Crippen molar-refractivity contribution in [1.29, 1.82) is 0 Å². The summed E-state index contributed by atoms with van der Waals surface area (Å²) in [7, 11) is 1.59.